The second kappa shape index (κ2) is 5.92. The van der Waals surface area contributed by atoms with E-state index >= 15 is 0 Å². The van der Waals surface area contributed by atoms with Gasteiger partial charge in [-0.1, -0.05) is 15.9 Å². The standard InChI is InChI=1S/C18H20BrN3O2S/c1-21-18-10-17(20-25(2,23)24)16(12-3-4-12)9-13(18)11-22(21)15-7-5-14(19)6-8-15/h5-10,12,20H,3-4,11H2,1-2H3. The van der Waals surface area contributed by atoms with Crippen LogP contribution in [0.2, 0.25) is 0 Å². The van der Waals surface area contributed by atoms with Gasteiger partial charge in [0.15, 0.2) is 0 Å². The smallest absolute Gasteiger partial charge is 0.229 e. The summed E-state index contributed by atoms with van der Waals surface area (Å²) in [6, 6.07) is 12.4. The Morgan fingerprint density at radius 3 is 2.44 bits per heavy atom. The maximum absolute atomic E-state index is 11.8. The summed E-state index contributed by atoms with van der Waals surface area (Å²) in [5.74, 6) is 0.474. The summed E-state index contributed by atoms with van der Waals surface area (Å²) in [5.41, 5.74) is 5.21. The van der Waals surface area contributed by atoms with Gasteiger partial charge in [-0.25, -0.2) is 8.42 Å². The summed E-state index contributed by atoms with van der Waals surface area (Å²) in [5, 5.41) is 4.28. The topological polar surface area (TPSA) is 52.7 Å². The van der Waals surface area contributed by atoms with Gasteiger partial charge in [-0.3, -0.25) is 14.7 Å². The van der Waals surface area contributed by atoms with Crippen LogP contribution in [0.4, 0.5) is 17.1 Å². The Hall–Kier alpha value is -1.73. The minimum Gasteiger partial charge on any atom is -0.288 e. The molecule has 1 heterocycles. The molecule has 0 unspecified atom stereocenters. The van der Waals surface area contributed by atoms with Crippen molar-refractivity contribution in [1.29, 1.82) is 0 Å². The van der Waals surface area contributed by atoms with Crippen molar-refractivity contribution >= 4 is 43.0 Å². The highest BCUT2D eigenvalue weighted by molar-refractivity contribution is 9.10. The van der Waals surface area contributed by atoms with Crippen LogP contribution in [-0.2, 0) is 16.6 Å². The molecule has 0 amide bonds. The Labute approximate surface area is 156 Å². The summed E-state index contributed by atoms with van der Waals surface area (Å²) in [7, 11) is -1.29. The third-order valence-corrected chi connectivity index (χ3v) is 5.84. The van der Waals surface area contributed by atoms with E-state index in [-0.39, 0.29) is 0 Å². The molecule has 1 saturated carbocycles. The van der Waals surface area contributed by atoms with E-state index in [1.54, 1.807) is 0 Å². The molecule has 5 nitrogen and oxygen atoms in total. The van der Waals surface area contributed by atoms with Crippen LogP contribution in [0.5, 0.6) is 0 Å². The summed E-state index contributed by atoms with van der Waals surface area (Å²) in [6.45, 7) is 0.784. The van der Waals surface area contributed by atoms with Crippen molar-refractivity contribution in [1.82, 2.24) is 0 Å². The van der Waals surface area contributed by atoms with Crippen molar-refractivity contribution in [3.05, 3.63) is 52.0 Å². The molecule has 0 atom stereocenters. The van der Waals surface area contributed by atoms with Crippen LogP contribution in [0.15, 0.2) is 40.9 Å². The number of hydrogen-bond donors (Lipinski definition) is 1. The zero-order valence-electron chi connectivity index (χ0n) is 14.2. The van der Waals surface area contributed by atoms with Gasteiger partial charge in [0.05, 0.1) is 29.9 Å². The van der Waals surface area contributed by atoms with Gasteiger partial charge in [0.2, 0.25) is 10.0 Å². The zero-order valence-corrected chi connectivity index (χ0v) is 16.6. The minimum atomic E-state index is -3.30. The molecule has 0 saturated heterocycles. The van der Waals surface area contributed by atoms with Crippen LogP contribution in [0.3, 0.4) is 0 Å². The molecule has 2 aliphatic rings. The fourth-order valence-electron chi connectivity index (χ4n) is 3.38. The van der Waals surface area contributed by atoms with Gasteiger partial charge in [0, 0.05) is 11.5 Å². The van der Waals surface area contributed by atoms with Crippen LogP contribution in [0.1, 0.15) is 29.9 Å². The average molecular weight is 422 g/mol. The summed E-state index contributed by atoms with van der Waals surface area (Å²) in [6.07, 6.45) is 3.46. The molecule has 0 radical (unpaired) electrons. The van der Waals surface area contributed by atoms with Gasteiger partial charge in [-0.05, 0) is 66.3 Å². The highest BCUT2D eigenvalue weighted by Gasteiger charge is 2.32. The molecule has 7 heteroatoms. The summed E-state index contributed by atoms with van der Waals surface area (Å²) < 4.78 is 27.3. The maximum Gasteiger partial charge on any atom is 0.229 e. The largest absolute Gasteiger partial charge is 0.288 e. The van der Waals surface area contributed by atoms with Gasteiger partial charge in [-0.15, -0.1) is 0 Å². The van der Waals surface area contributed by atoms with E-state index in [1.165, 1.54) is 11.8 Å². The molecular formula is C18H20BrN3O2S. The van der Waals surface area contributed by atoms with Gasteiger partial charge in [0.25, 0.3) is 0 Å². The predicted octanol–water partition coefficient (Wildman–Crippen LogP) is 4.07. The molecule has 2 aromatic carbocycles. The van der Waals surface area contributed by atoms with E-state index in [2.05, 4.69) is 48.9 Å². The number of fused-ring (bicyclic) bond motifs is 1. The molecule has 2 aromatic rings. The highest BCUT2D eigenvalue weighted by Crippen LogP contribution is 2.47. The molecule has 0 bridgehead atoms. The van der Waals surface area contributed by atoms with Crippen LogP contribution in [-0.4, -0.2) is 21.7 Å². The monoisotopic (exact) mass is 421 g/mol. The van der Waals surface area contributed by atoms with Crippen molar-refractivity contribution in [3.8, 4) is 0 Å². The minimum absolute atomic E-state index is 0.474. The second-order valence-electron chi connectivity index (χ2n) is 6.77. The zero-order chi connectivity index (χ0) is 17.8. The third-order valence-electron chi connectivity index (χ3n) is 4.72. The normalized spacial score (nSPS) is 16.9. The fourth-order valence-corrected chi connectivity index (χ4v) is 4.22. The van der Waals surface area contributed by atoms with E-state index in [0.29, 0.717) is 11.6 Å². The number of benzene rings is 2. The lowest BCUT2D eigenvalue weighted by atomic mass is 10.0. The summed E-state index contributed by atoms with van der Waals surface area (Å²) in [4.78, 5) is 0. The Bertz CT molecular complexity index is 924. The van der Waals surface area contributed by atoms with Gasteiger partial charge in [-0.2, -0.15) is 0 Å². The van der Waals surface area contributed by atoms with Gasteiger partial charge >= 0.3 is 0 Å². The average Bonchev–Trinajstić information content (AvgIpc) is 3.32. The number of nitrogens with one attached hydrogen (secondary N) is 1. The number of anilines is 3. The number of hydrazine groups is 1. The van der Waals surface area contributed by atoms with Crippen molar-refractivity contribution < 1.29 is 8.42 Å². The molecule has 1 aliphatic heterocycles. The molecule has 0 aromatic heterocycles. The van der Waals surface area contributed by atoms with Crippen LogP contribution < -0.4 is 14.7 Å². The first-order valence-corrected chi connectivity index (χ1v) is 10.9. The van der Waals surface area contributed by atoms with E-state index in [0.717, 1.165) is 40.8 Å². The molecule has 25 heavy (non-hydrogen) atoms. The van der Waals surface area contributed by atoms with Crippen LogP contribution >= 0.6 is 15.9 Å². The van der Waals surface area contributed by atoms with E-state index < -0.39 is 10.0 Å². The number of hydrogen-bond acceptors (Lipinski definition) is 4. The van der Waals surface area contributed by atoms with Crippen molar-refractivity contribution in [3.63, 3.8) is 0 Å². The SMILES string of the molecule is CN1c2cc(NS(C)(=O)=O)c(C3CC3)cc2CN1c1ccc(Br)cc1. The lowest BCUT2D eigenvalue weighted by Gasteiger charge is -2.28. The quantitative estimate of drug-likeness (QED) is 0.807. The first kappa shape index (κ1) is 16.7. The van der Waals surface area contributed by atoms with E-state index in [4.69, 9.17) is 0 Å². The lowest BCUT2D eigenvalue weighted by molar-refractivity contribution is 0.606. The van der Waals surface area contributed by atoms with Crippen molar-refractivity contribution in [2.45, 2.75) is 25.3 Å². The maximum atomic E-state index is 11.8. The highest BCUT2D eigenvalue weighted by atomic mass is 79.9. The molecule has 132 valence electrons. The van der Waals surface area contributed by atoms with E-state index in [1.807, 2.05) is 25.2 Å². The van der Waals surface area contributed by atoms with Crippen LogP contribution in [0, 0.1) is 0 Å². The lowest BCUT2D eigenvalue weighted by Crippen LogP contribution is -2.33. The first-order valence-electron chi connectivity index (χ1n) is 8.23. The molecular weight excluding hydrogens is 402 g/mol. The van der Waals surface area contributed by atoms with Gasteiger partial charge in [0.1, 0.15) is 0 Å². The van der Waals surface area contributed by atoms with Crippen molar-refractivity contribution in [2.24, 2.45) is 0 Å². The van der Waals surface area contributed by atoms with E-state index in [9.17, 15) is 8.42 Å². The van der Waals surface area contributed by atoms with Crippen LogP contribution in [0.25, 0.3) is 0 Å². The third kappa shape index (κ3) is 3.35. The van der Waals surface area contributed by atoms with Gasteiger partial charge < -0.3 is 0 Å². The molecule has 1 N–H and O–H groups in total. The number of nitrogens with zero attached hydrogens (tertiary/aromatic N) is 2. The molecule has 1 fully saturated rings. The van der Waals surface area contributed by atoms with Crippen molar-refractivity contribution in [2.75, 3.05) is 28.0 Å². The molecule has 0 spiro atoms. The second-order valence-corrected chi connectivity index (χ2v) is 9.44. The Morgan fingerprint density at radius 2 is 1.84 bits per heavy atom. The molecule has 4 rings (SSSR count). The predicted molar refractivity (Wildman–Crippen MR) is 106 cm³/mol. The molecule has 1 aliphatic carbocycles. The Balaban J connectivity index is 1.73. The Kier molecular flexibility index (Phi) is 3.96. The fraction of sp³-hybridized carbons (Fsp3) is 0.333. The first-order chi connectivity index (χ1) is 11.8. The number of rotatable bonds is 4. The number of sulfonamides is 1. The Morgan fingerprint density at radius 1 is 1.16 bits per heavy atom. The summed E-state index contributed by atoms with van der Waals surface area (Å²) >= 11 is 3.47. The number of halogens is 1.